The van der Waals surface area contributed by atoms with Crippen molar-refractivity contribution in [3.05, 3.63) is 90.3 Å². The van der Waals surface area contributed by atoms with Crippen molar-refractivity contribution in [2.45, 2.75) is 18.8 Å². The van der Waals surface area contributed by atoms with Crippen molar-refractivity contribution in [3.8, 4) is 5.69 Å². The van der Waals surface area contributed by atoms with Crippen molar-refractivity contribution in [2.24, 2.45) is 0 Å². The van der Waals surface area contributed by atoms with Gasteiger partial charge >= 0.3 is 0 Å². The fourth-order valence-corrected chi connectivity index (χ4v) is 3.56. The molecule has 3 aromatic rings. The Kier molecular flexibility index (Phi) is 4.38. The third kappa shape index (κ3) is 3.50. The number of hydrogen-bond donors (Lipinski definition) is 0. The zero-order valence-electron chi connectivity index (χ0n) is 14.2. The molecule has 1 amide bonds. The lowest BCUT2D eigenvalue weighted by molar-refractivity contribution is -0.129. The van der Waals surface area contributed by atoms with Gasteiger partial charge in [0.2, 0.25) is 5.91 Å². The minimum Gasteiger partial charge on any atom is -0.342 e. The van der Waals surface area contributed by atoms with E-state index in [0.29, 0.717) is 12.3 Å². The zero-order chi connectivity index (χ0) is 17.1. The van der Waals surface area contributed by atoms with E-state index < -0.39 is 0 Å². The van der Waals surface area contributed by atoms with Crippen LogP contribution in [0.25, 0.3) is 5.69 Å². The number of aromatic nitrogens is 1. The molecule has 0 bridgehead atoms. The lowest BCUT2D eigenvalue weighted by atomic mass is 9.99. The van der Waals surface area contributed by atoms with Crippen LogP contribution in [-0.2, 0) is 11.2 Å². The molecule has 2 aromatic carbocycles. The summed E-state index contributed by atoms with van der Waals surface area (Å²) in [4.78, 5) is 14.6. The quantitative estimate of drug-likeness (QED) is 0.709. The Balaban J connectivity index is 1.38. The summed E-state index contributed by atoms with van der Waals surface area (Å²) in [6.45, 7) is 1.70. The molecule has 126 valence electrons. The number of benzene rings is 2. The number of nitrogens with zero attached hydrogens (tertiary/aromatic N) is 2. The van der Waals surface area contributed by atoms with Crippen molar-refractivity contribution < 1.29 is 4.79 Å². The van der Waals surface area contributed by atoms with Crippen molar-refractivity contribution in [1.82, 2.24) is 9.47 Å². The van der Waals surface area contributed by atoms with Crippen LogP contribution in [0.1, 0.15) is 23.5 Å². The van der Waals surface area contributed by atoms with E-state index in [1.54, 1.807) is 0 Å². The fourth-order valence-electron chi connectivity index (χ4n) is 3.56. The molecule has 4 rings (SSSR count). The monoisotopic (exact) mass is 330 g/mol. The van der Waals surface area contributed by atoms with Crippen molar-refractivity contribution in [3.63, 3.8) is 0 Å². The molecule has 1 atom stereocenters. The van der Waals surface area contributed by atoms with Gasteiger partial charge in [0.25, 0.3) is 0 Å². The summed E-state index contributed by atoms with van der Waals surface area (Å²) in [6, 6.07) is 22.8. The molecule has 1 fully saturated rings. The first-order valence-electron chi connectivity index (χ1n) is 8.84. The lowest BCUT2D eigenvalue weighted by Gasteiger charge is -2.17. The summed E-state index contributed by atoms with van der Waals surface area (Å²) >= 11 is 0. The zero-order valence-corrected chi connectivity index (χ0v) is 14.2. The smallest absolute Gasteiger partial charge is 0.227 e. The molecule has 3 heteroatoms. The molecule has 1 aliphatic rings. The average Bonchev–Trinajstić information content (AvgIpc) is 3.35. The van der Waals surface area contributed by atoms with E-state index in [2.05, 4.69) is 53.1 Å². The number of rotatable bonds is 4. The Morgan fingerprint density at radius 3 is 2.36 bits per heavy atom. The van der Waals surface area contributed by atoms with Crippen LogP contribution in [0.5, 0.6) is 0 Å². The Morgan fingerprint density at radius 2 is 1.64 bits per heavy atom. The van der Waals surface area contributed by atoms with E-state index in [-0.39, 0.29) is 5.91 Å². The molecule has 2 heterocycles. The molecule has 3 nitrogen and oxygen atoms in total. The van der Waals surface area contributed by atoms with Gasteiger partial charge in [-0.1, -0.05) is 42.5 Å². The normalized spacial score (nSPS) is 17.0. The van der Waals surface area contributed by atoms with Gasteiger partial charge in [-0.25, -0.2) is 0 Å². The summed E-state index contributed by atoms with van der Waals surface area (Å²) in [7, 11) is 0. The summed E-state index contributed by atoms with van der Waals surface area (Å²) in [5.74, 6) is 0.702. The molecule has 0 aliphatic carbocycles. The van der Waals surface area contributed by atoms with Crippen molar-refractivity contribution in [2.75, 3.05) is 13.1 Å². The molecule has 0 radical (unpaired) electrons. The molecular formula is C22H22N2O. The Bertz CT molecular complexity index is 822. The van der Waals surface area contributed by atoms with Crippen LogP contribution in [0, 0.1) is 0 Å². The van der Waals surface area contributed by atoms with Gasteiger partial charge in [-0.2, -0.15) is 0 Å². The Labute approximate surface area is 148 Å². The third-order valence-electron chi connectivity index (χ3n) is 5.01. The highest BCUT2D eigenvalue weighted by atomic mass is 16.2. The number of likely N-dealkylation sites (tertiary alicyclic amines) is 1. The van der Waals surface area contributed by atoms with Crippen LogP contribution in [0.15, 0.2) is 79.1 Å². The van der Waals surface area contributed by atoms with Crippen LogP contribution in [0.3, 0.4) is 0 Å². The molecule has 0 saturated carbocycles. The topological polar surface area (TPSA) is 25.2 Å². The molecule has 1 unspecified atom stereocenters. The fraction of sp³-hybridized carbons (Fsp3) is 0.227. The third-order valence-corrected chi connectivity index (χ3v) is 5.01. The molecule has 0 N–H and O–H groups in total. The molecule has 1 aromatic heterocycles. The second-order valence-electron chi connectivity index (χ2n) is 6.67. The first-order valence-corrected chi connectivity index (χ1v) is 8.84. The first kappa shape index (κ1) is 15.7. The SMILES string of the molecule is O=C(Cc1ccc(-n2cccc2)cc1)N1CCC(c2ccccc2)C1. The molecule has 1 saturated heterocycles. The van der Waals surface area contributed by atoms with Crippen molar-refractivity contribution in [1.29, 1.82) is 0 Å². The molecule has 1 aliphatic heterocycles. The highest BCUT2D eigenvalue weighted by molar-refractivity contribution is 5.79. The van der Waals surface area contributed by atoms with Gasteiger partial charge in [0.1, 0.15) is 0 Å². The number of carbonyl (C=O) groups excluding carboxylic acids is 1. The Hall–Kier alpha value is -2.81. The van der Waals surface area contributed by atoms with Gasteiger partial charge in [0.15, 0.2) is 0 Å². The maximum atomic E-state index is 12.6. The van der Waals surface area contributed by atoms with Crippen LogP contribution in [0.4, 0.5) is 0 Å². The van der Waals surface area contributed by atoms with Gasteiger partial charge in [-0.15, -0.1) is 0 Å². The summed E-state index contributed by atoms with van der Waals surface area (Å²) < 4.78 is 2.07. The van der Waals surface area contributed by atoms with Gasteiger partial charge < -0.3 is 9.47 Å². The van der Waals surface area contributed by atoms with Gasteiger partial charge in [-0.3, -0.25) is 4.79 Å². The highest BCUT2D eigenvalue weighted by Crippen LogP contribution is 2.27. The van der Waals surface area contributed by atoms with Gasteiger partial charge in [0.05, 0.1) is 6.42 Å². The van der Waals surface area contributed by atoms with Crippen LogP contribution >= 0.6 is 0 Å². The summed E-state index contributed by atoms with van der Waals surface area (Å²) in [5.41, 5.74) is 3.53. The average molecular weight is 330 g/mol. The minimum atomic E-state index is 0.229. The summed E-state index contributed by atoms with van der Waals surface area (Å²) in [5, 5.41) is 0. The van der Waals surface area contributed by atoms with Crippen LogP contribution in [0.2, 0.25) is 0 Å². The van der Waals surface area contributed by atoms with E-state index in [4.69, 9.17) is 0 Å². The Morgan fingerprint density at radius 1 is 0.920 bits per heavy atom. The lowest BCUT2D eigenvalue weighted by Crippen LogP contribution is -2.29. The predicted molar refractivity (Wildman–Crippen MR) is 99.9 cm³/mol. The van der Waals surface area contributed by atoms with E-state index in [0.717, 1.165) is 30.8 Å². The first-order chi connectivity index (χ1) is 12.3. The van der Waals surface area contributed by atoms with Crippen molar-refractivity contribution >= 4 is 5.91 Å². The molecule has 25 heavy (non-hydrogen) atoms. The number of carbonyl (C=O) groups is 1. The standard InChI is InChI=1S/C22H22N2O/c25-22(24-15-12-20(17-24)19-6-2-1-3-7-19)16-18-8-10-21(11-9-18)23-13-4-5-14-23/h1-11,13-14,20H,12,15-17H2. The van der Waals surface area contributed by atoms with E-state index in [1.807, 2.05) is 35.5 Å². The maximum Gasteiger partial charge on any atom is 0.227 e. The van der Waals surface area contributed by atoms with Crippen LogP contribution < -0.4 is 0 Å². The van der Waals surface area contributed by atoms with E-state index in [9.17, 15) is 4.79 Å². The maximum absolute atomic E-state index is 12.6. The second kappa shape index (κ2) is 6.98. The van der Waals surface area contributed by atoms with Gasteiger partial charge in [-0.05, 0) is 41.8 Å². The van der Waals surface area contributed by atoms with Gasteiger partial charge in [0, 0.05) is 37.1 Å². The summed E-state index contributed by atoms with van der Waals surface area (Å²) in [6.07, 6.45) is 5.58. The van der Waals surface area contributed by atoms with E-state index in [1.165, 1.54) is 5.56 Å². The van der Waals surface area contributed by atoms with Crippen LogP contribution in [-0.4, -0.2) is 28.5 Å². The molecule has 0 spiro atoms. The van der Waals surface area contributed by atoms with E-state index >= 15 is 0 Å². The highest BCUT2D eigenvalue weighted by Gasteiger charge is 2.26. The predicted octanol–water partition coefficient (Wildman–Crippen LogP) is 4.04. The largest absolute Gasteiger partial charge is 0.342 e. The number of amides is 1. The second-order valence-corrected chi connectivity index (χ2v) is 6.67. The molecular weight excluding hydrogens is 308 g/mol. The number of hydrogen-bond acceptors (Lipinski definition) is 1. The minimum absolute atomic E-state index is 0.229.